The molecule has 1 N–H and O–H groups in total. The van der Waals surface area contributed by atoms with Crippen LogP contribution in [0.3, 0.4) is 0 Å². The van der Waals surface area contributed by atoms with Gasteiger partial charge in [0.25, 0.3) is 0 Å². The van der Waals surface area contributed by atoms with Gasteiger partial charge in [0, 0.05) is 35.4 Å². The van der Waals surface area contributed by atoms with Crippen LogP contribution in [0.2, 0.25) is 0 Å². The Balaban J connectivity index is 1.32. The maximum Gasteiger partial charge on any atom is 0.228 e. The highest BCUT2D eigenvalue weighted by Crippen LogP contribution is 2.20. The van der Waals surface area contributed by atoms with Crippen molar-refractivity contribution in [2.45, 2.75) is 19.5 Å². The summed E-state index contributed by atoms with van der Waals surface area (Å²) in [4.78, 5) is 19.0. The molecular formula is C20H21BrN6OS. The molecule has 4 rings (SSSR count). The van der Waals surface area contributed by atoms with Crippen LogP contribution >= 0.6 is 28.1 Å². The molecule has 29 heavy (non-hydrogen) atoms. The standard InChI is InChI=1S/C20H21BrN6OS/c21-16-6-7-18(22-12-16)24-19(28)15-8-10-25(11-9-15)14-27-20(29)26(13-23-27)17-4-2-1-3-5-17/h1-7,12-13,15H,8-11,14H2,(H,22,24,28). The minimum atomic E-state index is -0.00783. The molecule has 150 valence electrons. The molecule has 0 spiro atoms. The molecule has 1 fully saturated rings. The summed E-state index contributed by atoms with van der Waals surface area (Å²) in [6.45, 7) is 2.28. The predicted molar refractivity (Wildman–Crippen MR) is 117 cm³/mol. The first-order valence-electron chi connectivity index (χ1n) is 9.45. The molecule has 7 nitrogen and oxygen atoms in total. The Morgan fingerprint density at radius 2 is 1.93 bits per heavy atom. The number of amides is 1. The zero-order valence-electron chi connectivity index (χ0n) is 15.7. The van der Waals surface area contributed by atoms with E-state index in [1.807, 2.05) is 45.6 Å². The number of aromatic nitrogens is 4. The molecule has 3 aromatic rings. The van der Waals surface area contributed by atoms with Crippen molar-refractivity contribution in [3.63, 3.8) is 0 Å². The number of hydrogen-bond acceptors (Lipinski definition) is 5. The molecule has 0 radical (unpaired) electrons. The third-order valence-electron chi connectivity index (χ3n) is 5.04. The van der Waals surface area contributed by atoms with Crippen LogP contribution in [0, 0.1) is 10.7 Å². The second-order valence-electron chi connectivity index (χ2n) is 7.00. The van der Waals surface area contributed by atoms with Gasteiger partial charge in [0.15, 0.2) is 0 Å². The Hall–Kier alpha value is -2.36. The minimum Gasteiger partial charge on any atom is -0.310 e. The van der Waals surface area contributed by atoms with Gasteiger partial charge in [0.2, 0.25) is 10.7 Å². The van der Waals surface area contributed by atoms with Gasteiger partial charge in [-0.2, -0.15) is 5.10 Å². The van der Waals surface area contributed by atoms with E-state index in [0.29, 0.717) is 17.3 Å². The molecule has 0 unspecified atom stereocenters. The number of benzene rings is 1. The van der Waals surface area contributed by atoms with Crippen molar-refractivity contribution in [2.24, 2.45) is 5.92 Å². The number of pyridine rings is 1. The number of halogens is 1. The molecule has 0 saturated carbocycles. The second kappa shape index (κ2) is 8.98. The van der Waals surface area contributed by atoms with Crippen molar-refractivity contribution in [3.8, 4) is 5.69 Å². The fraction of sp³-hybridized carbons (Fsp3) is 0.300. The lowest BCUT2D eigenvalue weighted by Crippen LogP contribution is -2.39. The van der Waals surface area contributed by atoms with Crippen LogP contribution in [-0.4, -0.2) is 43.2 Å². The summed E-state index contributed by atoms with van der Waals surface area (Å²) in [5.41, 5.74) is 1.00. The monoisotopic (exact) mass is 472 g/mol. The lowest BCUT2D eigenvalue weighted by atomic mass is 9.96. The van der Waals surface area contributed by atoms with Gasteiger partial charge in [-0.15, -0.1) is 0 Å². The zero-order chi connectivity index (χ0) is 20.2. The molecule has 1 amide bonds. The van der Waals surface area contributed by atoms with Crippen molar-refractivity contribution in [1.29, 1.82) is 0 Å². The largest absolute Gasteiger partial charge is 0.310 e. The summed E-state index contributed by atoms with van der Waals surface area (Å²) in [5, 5.41) is 7.35. The first kappa shape index (κ1) is 19.9. The van der Waals surface area contributed by atoms with Gasteiger partial charge < -0.3 is 5.32 Å². The molecule has 0 aliphatic carbocycles. The first-order chi connectivity index (χ1) is 14.1. The van der Waals surface area contributed by atoms with E-state index in [1.54, 1.807) is 18.6 Å². The number of likely N-dealkylation sites (tertiary alicyclic amines) is 1. The van der Waals surface area contributed by atoms with Crippen molar-refractivity contribution < 1.29 is 4.79 Å². The highest BCUT2D eigenvalue weighted by Gasteiger charge is 2.25. The first-order valence-corrected chi connectivity index (χ1v) is 10.6. The molecule has 2 aromatic heterocycles. The third-order valence-corrected chi connectivity index (χ3v) is 5.92. The van der Waals surface area contributed by atoms with Gasteiger partial charge in [0.1, 0.15) is 12.1 Å². The Bertz CT molecular complexity index is 1030. The summed E-state index contributed by atoms with van der Waals surface area (Å²) in [5.74, 6) is 0.606. The SMILES string of the molecule is O=C(Nc1ccc(Br)cn1)C1CCN(Cn2ncn(-c3ccccc3)c2=S)CC1. The average Bonchev–Trinajstić information content (AvgIpc) is 3.11. The number of piperidine rings is 1. The van der Waals surface area contributed by atoms with Gasteiger partial charge in [0.05, 0.1) is 6.67 Å². The average molecular weight is 473 g/mol. The summed E-state index contributed by atoms with van der Waals surface area (Å²) in [6, 6.07) is 13.6. The number of carbonyl (C=O) groups is 1. The van der Waals surface area contributed by atoms with E-state index in [-0.39, 0.29) is 11.8 Å². The maximum absolute atomic E-state index is 12.5. The predicted octanol–water partition coefficient (Wildman–Crippen LogP) is 3.87. The van der Waals surface area contributed by atoms with Crippen LogP contribution in [-0.2, 0) is 11.5 Å². The van der Waals surface area contributed by atoms with Gasteiger partial charge in [-0.05, 0) is 65.3 Å². The quantitative estimate of drug-likeness (QED) is 0.570. The number of anilines is 1. The fourth-order valence-corrected chi connectivity index (χ4v) is 3.90. The van der Waals surface area contributed by atoms with Gasteiger partial charge in [-0.1, -0.05) is 18.2 Å². The smallest absolute Gasteiger partial charge is 0.228 e. The van der Waals surface area contributed by atoms with Crippen molar-refractivity contribution in [3.05, 3.63) is 64.2 Å². The second-order valence-corrected chi connectivity index (χ2v) is 8.28. The van der Waals surface area contributed by atoms with Crippen molar-refractivity contribution >= 4 is 39.9 Å². The Morgan fingerprint density at radius 3 is 2.62 bits per heavy atom. The maximum atomic E-state index is 12.5. The number of nitrogens with one attached hydrogen (secondary N) is 1. The number of hydrogen-bond donors (Lipinski definition) is 1. The van der Waals surface area contributed by atoms with Crippen LogP contribution in [0.25, 0.3) is 5.69 Å². The lowest BCUT2D eigenvalue weighted by molar-refractivity contribution is -0.121. The topological polar surface area (TPSA) is 68.0 Å². The highest BCUT2D eigenvalue weighted by atomic mass is 79.9. The molecule has 9 heteroatoms. The van der Waals surface area contributed by atoms with E-state index in [1.165, 1.54) is 0 Å². The number of carbonyl (C=O) groups excluding carboxylic acids is 1. The molecule has 1 aromatic carbocycles. The van der Waals surface area contributed by atoms with Gasteiger partial charge in [-0.25, -0.2) is 9.67 Å². The van der Waals surface area contributed by atoms with Crippen LogP contribution in [0.15, 0.2) is 59.5 Å². The summed E-state index contributed by atoms with van der Waals surface area (Å²) in [7, 11) is 0. The summed E-state index contributed by atoms with van der Waals surface area (Å²) in [6.07, 6.45) is 5.03. The van der Waals surface area contributed by atoms with E-state index in [2.05, 4.69) is 36.2 Å². The van der Waals surface area contributed by atoms with Crippen LogP contribution in [0.5, 0.6) is 0 Å². The van der Waals surface area contributed by atoms with E-state index in [4.69, 9.17) is 12.2 Å². The van der Waals surface area contributed by atoms with E-state index in [0.717, 1.165) is 36.1 Å². The molecule has 1 aliphatic rings. The Kier molecular flexibility index (Phi) is 6.17. The molecule has 1 aliphatic heterocycles. The minimum absolute atomic E-state index is 0.00783. The number of rotatable bonds is 5. The van der Waals surface area contributed by atoms with Crippen LogP contribution in [0.1, 0.15) is 12.8 Å². The number of nitrogens with zero attached hydrogens (tertiary/aromatic N) is 5. The molecule has 3 heterocycles. The zero-order valence-corrected chi connectivity index (χ0v) is 18.1. The van der Waals surface area contributed by atoms with E-state index in [9.17, 15) is 4.79 Å². The summed E-state index contributed by atoms with van der Waals surface area (Å²) >= 11 is 8.93. The van der Waals surface area contributed by atoms with Crippen LogP contribution in [0.4, 0.5) is 5.82 Å². The normalized spacial score (nSPS) is 15.3. The van der Waals surface area contributed by atoms with Crippen LogP contribution < -0.4 is 5.32 Å². The van der Waals surface area contributed by atoms with Gasteiger partial charge >= 0.3 is 0 Å². The van der Waals surface area contributed by atoms with Crippen molar-refractivity contribution in [2.75, 3.05) is 18.4 Å². The Morgan fingerprint density at radius 1 is 1.17 bits per heavy atom. The van der Waals surface area contributed by atoms with E-state index < -0.39 is 0 Å². The molecule has 1 saturated heterocycles. The van der Waals surface area contributed by atoms with Crippen molar-refractivity contribution in [1.82, 2.24) is 24.2 Å². The Labute approximate surface area is 182 Å². The van der Waals surface area contributed by atoms with E-state index >= 15 is 0 Å². The highest BCUT2D eigenvalue weighted by molar-refractivity contribution is 9.10. The molecule has 0 atom stereocenters. The fourth-order valence-electron chi connectivity index (χ4n) is 3.40. The molecule has 0 bridgehead atoms. The summed E-state index contributed by atoms with van der Waals surface area (Å²) < 4.78 is 5.28. The van der Waals surface area contributed by atoms with Gasteiger partial charge in [-0.3, -0.25) is 14.3 Å². The number of para-hydroxylation sites is 1. The lowest BCUT2D eigenvalue weighted by Gasteiger charge is -2.30. The third kappa shape index (κ3) is 4.80. The molecular weight excluding hydrogens is 452 g/mol.